The maximum Gasteiger partial charge on any atom is 0.220 e. The van der Waals surface area contributed by atoms with Crippen LogP contribution in [0, 0.1) is 6.92 Å². The van der Waals surface area contributed by atoms with Crippen LogP contribution in [-0.2, 0) is 11.2 Å². The van der Waals surface area contributed by atoms with E-state index in [2.05, 4.69) is 48.3 Å². The fourth-order valence-electron chi connectivity index (χ4n) is 3.13. The second-order valence-electron chi connectivity index (χ2n) is 6.67. The minimum Gasteiger partial charge on any atom is -0.352 e. The molecular formula is C19H30N2O. The quantitative estimate of drug-likeness (QED) is 0.838. The monoisotopic (exact) mass is 302 g/mol. The molecule has 1 amide bonds. The van der Waals surface area contributed by atoms with Crippen molar-refractivity contribution in [1.82, 2.24) is 10.2 Å². The smallest absolute Gasteiger partial charge is 0.220 e. The first-order chi connectivity index (χ1) is 10.6. The number of piperidine rings is 1. The third-order valence-corrected chi connectivity index (χ3v) is 4.38. The van der Waals surface area contributed by atoms with Gasteiger partial charge in [-0.15, -0.1) is 0 Å². The van der Waals surface area contributed by atoms with Crippen molar-refractivity contribution in [1.29, 1.82) is 0 Å². The van der Waals surface area contributed by atoms with Gasteiger partial charge < -0.3 is 10.2 Å². The standard InChI is InChI=1S/C19H30N2O/c1-16-9-11-18(12-10-16)7-6-8-19(22)20-17(2)15-21-13-4-3-5-14-21/h9-12,17H,3-8,13-15H2,1-2H3,(H,20,22). The number of nitrogens with one attached hydrogen (secondary N) is 1. The van der Waals surface area contributed by atoms with E-state index in [1.807, 2.05) is 0 Å². The Bertz CT molecular complexity index is 449. The van der Waals surface area contributed by atoms with E-state index in [4.69, 9.17) is 0 Å². The second-order valence-corrected chi connectivity index (χ2v) is 6.67. The van der Waals surface area contributed by atoms with Gasteiger partial charge in [0.1, 0.15) is 0 Å². The first-order valence-corrected chi connectivity index (χ1v) is 8.71. The molecular weight excluding hydrogens is 272 g/mol. The van der Waals surface area contributed by atoms with Crippen molar-refractivity contribution >= 4 is 5.91 Å². The predicted octanol–water partition coefficient (Wildman–Crippen LogP) is 3.31. The Kier molecular flexibility index (Phi) is 6.91. The number of rotatable bonds is 7. The van der Waals surface area contributed by atoms with Gasteiger partial charge in [-0.3, -0.25) is 4.79 Å². The number of benzene rings is 1. The number of nitrogens with zero attached hydrogens (tertiary/aromatic N) is 1. The summed E-state index contributed by atoms with van der Waals surface area (Å²) in [5.41, 5.74) is 2.60. The van der Waals surface area contributed by atoms with Crippen LogP contribution < -0.4 is 5.32 Å². The summed E-state index contributed by atoms with van der Waals surface area (Å²) in [6.07, 6.45) is 6.49. The van der Waals surface area contributed by atoms with Crippen molar-refractivity contribution in [3.63, 3.8) is 0 Å². The van der Waals surface area contributed by atoms with Gasteiger partial charge in [0, 0.05) is 19.0 Å². The predicted molar refractivity (Wildman–Crippen MR) is 92.0 cm³/mol. The Morgan fingerprint density at radius 1 is 1.18 bits per heavy atom. The summed E-state index contributed by atoms with van der Waals surface area (Å²) in [6, 6.07) is 8.84. The number of hydrogen-bond acceptors (Lipinski definition) is 2. The Balaban J connectivity index is 1.61. The Labute approximate surface area is 135 Å². The van der Waals surface area contributed by atoms with E-state index in [-0.39, 0.29) is 11.9 Å². The van der Waals surface area contributed by atoms with Gasteiger partial charge in [0.05, 0.1) is 0 Å². The number of carbonyl (C=O) groups excluding carboxylic acids is 1. The first kappa shape index (κ1) is 17.0. The molecule has 1 saturated heterocycles. The molecule has 0 aliphatic carbocycles. The van der Waals surface area contributed by atoms with E-state index in [0.29, 0.717) is 6.42 Å². The number of carbonyl (C=O) groups is 1. The molecule has 1 N–H and O–H groups in total. The molecule has 0 spiro atoms. The molecule has 122 valence electrons. The number of likely N-dealkylation sites (tertiary alicyclic amines) is 1. The minimum absolute atomic E-state index is 0.191. The van der Waals surface area contributed by atoms with Crippen LogP contribution in [0.1, 0.15) is 50.2 Å². The van der Waals surface area contributed by atoms with Gasteiger partial charge in [0.2, 0.25) is 5.91 Å². The summed E-state index contributed by atoms with van der Waals surface area (Å²) in [6.45, 7) is 7.58. The van der Waals surface area contributed by atoms with Crippen LogP contribution >= 0.6 is 0 Å². The fraction of sp³-hybridized carbons (Fsp3) is 0.632. The van der Waals surface area contributed by atoms with Crippen LogP contribution in [0.3, 0.4) is 0 Å². The van der Waals surface area contributed by atoms with Crippen molar-refractivity contribution in [2.75, 3.05) is 19.6 Å². The zero-order valence-electron chi connectivity index (χ0n) is 14.1. The molecule has 1 aliphatic heterocycles. The van der Waals surface area contributed by atoms with Crippen molar-refractivity contribution in [2.45, 2.75) is 58.4 Å². The highest BCUT2D eigenvalue weighted by Crippen LogP contribution is 2.09. The fourth-order valence-corrected chi connectivity index (χ4v) is 3.13. The van der Waals surface area contributed by atoms with Crippen LogP contribution in [0.2, 0.25) is 0 Å². The Morgan fingerprint density at radius 2 is 1.86 bits per heavy atom. The van der Waals surface area contributed by atoms with Crippen LogP contribution in [0.5, 0.6) is 0 Å². The van der Waals surface area contributed by atoms with Crippen molar-refractivity contribution < 1.29 is 4.79 Å². The van der Waals surface area contributed by atoms with E-state index in [0.717, 1.165) is 19.4 Å². The molecule has 1 aliphatic rings. The number of hydrogen-bond donors (Lipinski definition) is 1. The topological polar surface area (TPSA) is 32.3 Å². The van der Waals surface area contributed by atoms with E-state index >= 15 is 0 Å². The summed E-state index contributed by atoms with van der Waals surface area (Å²) in [5.74, 6) is 0.191. The summed E-state index contributed by atoms with van der Waals surface area (Å²) in [5, 5.41) is 3.14. The van der Waals surface area contributed by atoms with E-state index in [9.17, 15) is 4.79 Å². The number of aryl methyl sites for hydroxylation is 2. The van der Waals surface area contributed by atoms with E-state index < -0.39 is 0 Å². The highest BCUT2D eigenvalue weighted by atomic mass is 16.1. The van der Waals surface area contributed by atoms with E-state index in [1.54, 1.807) is 0 Å². The first-order valence-electron chi connectivity index (χ1n) is 8.71. The third-order valence-electron chi connectivity index (χ3n) is 4.38. The Hall–Kier alpha value is -1.35. The van der Waals surface area contributed by atoms with Gasteiger partial charge in [-0.1, -0.05) is 36.2 Å². The number of amides is 1. The summed E-state index contributed by atoms with van der Waals surface area (Å²) < 4.78 is 0. The van der Waals surface area contributed by atoms with Crippen LogP contribution in [0.4, 0.5) is 0 Å². The van der Waals surface area contributed by atoms with Crippen LogP contribution in [0.15, 0.2) is 24.3 Å². The highest BCUT2D eigenvalue weighted by molar-refractivity contribution is 5.76. The molecule has 0 saturated carbocycles. The normalized spacial score (nSPS) is 17.2. The molecule has 1 fully saturated rings. The Morgan fingerprint density at radius 3 is 2.55 bits per heavy atom. The summed E-state index contributed by atoms with van der Waals surface area (Å²) >= 11 is 0. The molecule has 22 heavy (non-hydrogen) atoms. The average Bonchev–Trinajstić information content (AvgIpc) is 2.50. The maximum absolute atomic E-state index is 12.0. The molecule has 1 heterocycles. The van der Waals surface area contributed by atoms with Crippen molar-refractivity contribution in [3.8, 4) is 0 Å². The van der Waals surface area contributed by atoms with Crippen LogP contribution in [-0.4, -0.2) is 36.5 Å². The summed E-state index contributed by atoms with van der Waals surface area (Å²) in [7, 11) is 0. The van der Waals surface area contributed by atoms with Gasteiger partial charge in [0.15, 0.2) is 0 Å². The average molecular weight is 302 g/mol. The molecule has 0 bridgehead atoms. The van der Waals surface area contributed by atoms with Gasteiger partial charge >= 0.3 is 0 Å². The van der Waals surface area contributed by atoms with Gasteiger partial charge in [-0.2, -0.15) is 0 Å². The molecule has 3 heteroatoms. The van der Waals surface area contributed by atoms with E-state index in [1.165, 1.54) is 43.5 Å². The molecule has 2 rings (SSSR count). The van der Waals surface area contributed by atoms with Crippen molar-refractivity contribution in [2.24, 2.45) is 0 Å². The molecule has 1 aromatic rings. The second kappa shape index (κ2) is 8.94. The lowest BCUT2D eigenvalue weighted by Crippen LogP contribution is -2.43. The largest absolute Gasteiger partial charge is 0.352 e. The molecule has 0 aromatic heterocycles. The highest BCUT2D eigenvalue weighted by Gasteiger charge is 2.14. The van der Waals surface area contributed by atoms with Gasteiger partial charge in [0.25, 0.3) is 0 Å². The third kappa shape index (κ3) is 6.18. The van der Waals surface area contributed by atoms with Crippen LogP contribution in [0.25, 0.3) is 0 Å². The lowest BCUT2D eigenvalue weighted by molar-refractivity contribution is -0.121. The molecule has 1 unspecified atom stereocenters. The molecule has 1 atom stereocenters. The maximum atomic E-state index is 12.0. The lowest BCUT2D eigenvalue weighted by atomic mass is 10.1. The van der Waals surface area contributed by atoms with Gasteiger partial charge in [-0.05, 0) is 58.2 Å². The molecule has 3 nitrogen and oxygen atoms in total. The minimum atomic E-state index is 0.191. The SMILES string of the molecule is Cc1ccc(CCCC(=O)NC(C)CN2CCCCC2)cc1. The van der Waals surface area contributed by atoms with Gasteiger partial charge in [-0.25, -0.2) is 0 Å². The van der Waals surface area contributed by atoms with Crippen molar-refractivity contribution in [3.05, 3.63) is 35.4 Å². The zero-order valence-corrected chi connectivity index (χ0v) is 14.1. The zero-order chi connectivity index (χ0) is 15.8. The molecule has 0 radical (unpaired) electrons. The molecule has 1 aromatic carbocycles. The lowest BCUT2D eigenvalue weighted by Gasteiger charge is -2.29. The summed E-state index contributed by atoms with van der Waals surface area (Å²) in [4.78, 5) is 14.5.